The van der Waals surface area contributed by atoms with E-state index in [1.165, 1.54) is 0 Å². The van der Waals surface area contributed by atoms with Crippen LogP contribution in [0.15, 0.2) is 0 Å². The lowest BCUT2D eigenvalue weighted by Gasteiger charge is -2.31. The maximum atomic E-state index is 6.01. The van der Waals surface area contributed by atoms with Gasteiger partial charge < -0.3 is 10.5 Å². The number of aromatic nitrogens is 2. The maximum Gasteiger partial charge on any atom is 0.161 e. The lowest BCUT2D eigenvalue weighted by atomic mass is 10.2. The van der Waals surface area contributed by atoms with E-state index in [1.54, 1.807) is 0 Å². The number of hydrogen-bond acceptors (Lipinski definition) is 6. The Labute approximate surface area is 111 Å². The Hall–Kier alpha value is -0.850. The van der Waals surface area contributed by atoms with Gasteiger partial charge in [-0.3, -0.25) is 4.90 Å². The first-order chi connectivity index (χ1) is 8.78. The Bertz CT molecular complexity index is 454. The average molecular weight is 266 g/mol. The summed E-state index contributed by atoms with van der Waals surface area (Å²) in [5.41, 5.74) is 8.23. The highest BCUT2D eigenvalue weighted by Crippen LogP contribution is 2.33. The number of thioether (sulfide) groups is 1. The number of morpholine rings is 1. The van der Waals surface area contributed by atoms with Gasteiger partial charge in [0, 0.05) is 30.2 Å². The zero-order chi connectivity index (χ0) is 12.5. The van der Waals surface area contributed by atoms with E-state index < -0.39 is 0 Å². The minimum absolute atomic E-state index is 0.0306. The Balaban J connectivity index is 1.86. The molecule has 1 unspecified atom stereocenters. The van der Waals surface area contributed by atoms with Crippen molar-refractivity contribution in [3.05, 3.63) is 17.1 Å². The van der Waals surface area contributed by atoms with Gasteiger partial charge in [-0.2, -0.15) is 11.8 Å². The Morgan fingerprint density at radius 1 is 1.44 bits per heavy atom. The van der Waals surface area contributed by atoms with Crippen molar-refractivity contribution in [2.24, 2.45) is 0 Å². The Morgan fingerprint density at radius 3 is 3.17 bits per heavy atom. The second kappa shape index (κ2) is 5.03. The number of anilines is 1. The summed E-state index contributed by atoms with van der Waals surface area (Å²) >= 11 is 1.84. The first-order valence-electron chi connectivity index (χ1n) is 6.34. The van der Waals surface area contributed by atoms with Gasteiger partial charge in [0.25, 0.3) is 0 Å². The lowest BCUT2D eigenvalue weighted by molar-refractivity contribution is -0.0325. The molecule has 0 aromatic carbocycles. The molecule has 6 heteroatoms. The van der Waals surface area contributed by atoms with E-state index in [0.717, 1.165) is 54.8 Å². The number of nitrogen functional groups attached to an aromatic ring is 1. The van der Waals surface area contributed by atoms with Gasteiger partial charge in [0.2, 0.25) is 0 Å². The summed E-state index contributed by atoms with van der Waals surface area (Å²) in [6.07, 6.45) is -0.0306. The molecule has 2 N–H and O–H groups in total. The van der Waals surface area contributed by atoms with Crippen LogP contribution in [0.3, 0.4) is 0 Å². The van der Waals surface area contributed by atoms with E-state index in [-0.39, 0.29) is 6.10 Å². The van der Waals surface area contributed by atoms with Gasteiger partial charge in [-0.05, 0) is 6.54 Å². The quantitative estimate of drug-likeness (QED) is 0.867. The van der Waals surface area contributed by atoms with Crippen molar-refractivity contribution in [2.45, 2.75) is 24.5 Å². The van der Waals surface area contributed by atoms with Crippen LogP contribution in [0.25, 0.3) is 0 Å². The van der Waals surface area contributed by atoms with Crippen LogP contribution in [0.2, 0.25) is 0 Å². The van der Waals surface area contributed by atoms with Crippen LogP contribution in [0.4, 0.5) is 5.82 Å². The van der Waals surface area contributed by atoms with Crippen LogP contribution < -0.4 is 5.73 Å². The number of ether oxygens (including phenoxy) is 1. The molecule has 1 aromatic heterocycles. The van der Waals surface area contributed by atoms with E-state index in [4.69, 9.17) is 10.5 Å². The summed E-state index contributed by atoms with van der Waals surface area (Å²) in [4.78, 5) is 11.4. The van der Waals surface area contributed by atoms with E-state index in [2.05, 4.69) is 21.8 Å². The molecule has 18 heavy (non-hydrogen) atoms. The SMILES string of the molecule is CCN1CCOC(c2nc(N)c3c(n2)CSC3)C1. The molecule has 98 valence electrons. The monoisotopic (exact) mass is 266 g/mol. The van der Waals surface area contributed by atoms with Crippen molar-refractivity contribution >= 4 is 17.6 Å². The number of fused-ring (bicyclic) bond motifs is 1. The summed E-state index contributed by atoms with van der Waals surface area (Å²) in [5, 5.41) is 0. The molecule has 5 nitrogen and oxygen atoms in total. The molecular weight excluding hydrogens is 248 g/mol. The fourth-order valence-electron chi connectivity index (χ4n) is 2.39. The van der Waals surface area contributed by atoms with Crippen molar-refractivity contribution in [1.29, 1.82) is 0 Å². The summed E-state index contributed by atoms with van der Waals surface area (Å²) in [7, 11) is 0. The Kier molecular flexibility index (Phi) is 3.41. The normalized spacial score (nSPS) is 24.2. The molecule has 3 rings (SSSR count). The van der Waals surface area contributed by atoms with Crippen molar-refractivity contribution in [2.75, 3.05) is 32.0 Å². The lowest BCUT2D eigenvalue weighted by Crippen LogP contribution is -2.38. The van der Waals surface area contributed by atoms with Crippen LogP contribution in [-0.4, -0.2) is 41.1 Å². The number of nitrogens with zero attached hydrogens (tertiary/aromatic N) is 3. The molecule has 3 heterocycles. The fraction of sp³-hybridized carbons (Fsp3) is 0.667. The molecule has 0 radical (unpaired) electrons. The van der Waals surface area contributed by atoms with Gasteiger partial charge in [-0.25, -0.2) is 9.97 Å². The average Bonchev–Trinajstić information content (AvgIpc) is 2.87. The van der Waals surface area contributed by atoms with E-state index in [1.807, 2.05) is 11.8 Å². The van der Waals surface area contributed by atoms with Gasteiger partial charge in [-0.1, -0.05) is 6.92 Å². The number of likely N-dealkylation sites (N-methyl/N-ethyl adjacent to an activating group) is 1. The standard InChI is InChI=1S/C12H18N4OS/c1-2-16-3-4-17-10(5-16)12-14-9-7-18-6-8(9)11(13)15-12/h10H,2-7H2,1H3,(H2,13,14,15). The highest BCUT2D eigenvalue weighted by Gasteiger charge is 2.26. The minimum Gasteiger partial charge on any atom is -0.383 e. The van der Waals surface area contributed by atoms with Crippen molar-refractivity contribution in [3.8, 4) is 0 Å². The number of rotatable bonds is 2. The van der Waals surface area contributed by atoms with Gasteiger partial charge in [0.05, 0.1) is 12.3 Å². The van der Waals surface area contributed by atoms with Crippen molar-refractivity contribution < 1.29 is 4.74 Å². The molecule has 1 aromatic rings. The highest BCUT2D eigenvalue weighted by atomic mass is 32.2. The third kappa shape index (κ3) is 2.20. The van der Waals surface area contributed by atoms with Crippen LogP contribution in [0.1, 0.15) is 30.1 Å². The van der Waals surface area contributed by atoms with Gasteiger partial charge in [0.15, 0.2) is 5.82 Å². The van der Waals surface area contributed by atoms with Crippen LogP contribution in [0, 0.1) is 0 Å². The van der Waals surface area contributed by atoms with Gasteiger partial charge in [0.1, 0.15) is 11.9 Å². The topological polar surface area (TPSA) is 64.3 Å². The zero-order valence-corrected chi connectivity index (χ0v) is 11.4. The molecule has 1 saturated heterocycles. The molecule has 0 amide bonds. The van der Waals surface area contributed by atoms with Crippen LogP contribution >= 0.6 is 11.8 Å². The van der Waals surface area contributed by atoms with E-state index in [0.29, 0.717) is 5.82 Å². The predicted molar refractivity (Wildman–Crippen MR) is 72.3 cm³/mol. The predicted octanol–water partition coefficient (Wildman–Crippen LogP) is 1.20. The maximum absolute atomic E-state index is 6.01. The zero-order valence-electron chi connectivity index (χ0n) is 10.6. The number of nitrogens with two attached hydrogens (primary N) is 1. The number of hydrogen-bond donors (Lipinski definition) is 1. The second-order valence-corrected chi connectivity index (χ2v) is 5.62. The molecule has 1 fully saturated rings. The molecular formula is C12H18N4OS. The highest BCUT2D eigenvalue weighted by molar-refractivity contribution is 7.98. The molecule has 0 saturated carbocycles. The molecule has 0 bridgehead atoms. The molecule has 0 aliphatic carbocycles. The summed E-state index contributed by atoms with van der Waals surface area (Å²) in [5.74, 6) is 3.27. The fourth-order valence-corrected chi connectivity index (χ4v) is 3.44. The smallest absolute Gasteiger partial charge is 0.161 e. The largest absolute Gasteiger partial charge is 0.383 e. The third-order valence-electron chi connectivity index (χ3n) is 3.51. The van der Waals surface area contributed by atoms with Crippen LogP contribution in [-0.2, 0) is 16.2 Å². The Morgan fingerprint density at radius 2 is 2.33 bits per heavy atom. The first kappa shape index (κ1) is 12.2. The van der Waals surface area contributed by atoms with Crippen molar-refractivity contribution in [3.63, 3.8) is 0 Å². The molecule has 2 aliphatic heterocycles. The molecule has 1 atom stereocenters. The minimum atomic E-state index is -0.0306. The first-order valence-corrected chi connectivity index (χ1v) is 7.50. The van der Waals surface area contributed by atoms with Gasteiger partial charge in [-0.15, -0.1) is 0 Å². The summed E-state index contributed by atoms with van der Waals surface area (Å²) < 4.78 is 5.78. The molecule has 0 spiro atoms. The van der Waals surface area contributed by atoms with Gasteiger partial charge >= 0.3 is 0 Å². The molecule has 2 aliphatic rings. The van der Waals surface area contributed by atoms with Crippen LogP contribution in [0.5, 0.6) is 0 Å². The van der Waals surface area contributed by atoms with E-state index >= 15 is 0 Å². The summed E-state index contributed by atoms with van der Waals surface area (Å²) in [6, 6.07) is 0. The third-order valence-corrected chi connectivity index (χ3v) is 4.48. The van der Waals surface area contributed by atoms with E-state index in [9.17, 15) is 0 Å². The second-order valence-electron chi connectivity index (χ2n) is 4.64. The summed E-state index contributed by atoms with van der Waals surface area (Å²) in [6.45, 7) is 5.80. The van der Waals surface area contributed by atoms with Crippen molar-refractivity contribution in [1.82, 2.24) is 14.9 Å².